The van der Waals surface area contributed by atoms with Crippen LogP contribution in [-0.2, 0) is 9.53 Å². The summed E-state index contributed by atoms with van der Waals surface area (Å²) in [5.41, 5.74) is -0.772. The summed E-state index contributed by atoms with van der Waals surface area (Å²) in [7, 11) is 0. The summed E-state index contributed by atoms with van der Waals surface area (Å²) in [6.07, 6.45) is 9.55. The minimum absolute atomic E-state index is 0.0810. The molecule has 0 aromatic carbocycles. The third kappa shape index (κ3) is 1.79. The molecule has 0 bridgehead atoms. The number of aliphatic hydroxyl groups is 1. The lowest BCUT2D eigenvalue weighted by Gasteiger charge is -2.57. The first kappa shape index (κ1) is 15.8. The fourth-order valence-corrected chi connectivity index (χ4v) is 8.15. The number of fused-ring (bicyclic) bond motifs is 7. The fraction of sp³-hybridized carbons (Fsp3) is 0.952. The number of hydrogen-bond acceptors (Lipinski definition) is 3. The van der Waals surface area contributed by atoms with E-state index in [0.717, 1.165) is 49.4 Å². The standard InChI is InChI=1S/C21H32O3/c1-12(22)21-18(24-21)10-17-16-5-4-13-11-19(2,23)8-6-14(13)15(16)7-9-20(17,21)3/h13-18,23H,4-11H2,1-3H3/t13-,14+,15-,16-,17+,18-,19-,20+,21-/m1/s1. The van der Waals surface area contributed by atoms with E-state index in [1.807, 2.05) is 6.92 Å². The highest BCUT2D eigenvalue weighted by Crippen LogP contribution is 2.72. The van der Waals surface area contributed by atoms with E-state index in [0.29, 0.717) is 5.92 Å². The van der Waals surface area contributed by atoms with Crippen molar-refractivity contribution in [2.75, 3.05) is 0 Å². The minimum Gasteiger partial charge on any atom is -0.390 e. The fourth-order valence-electron chi connectivity index (χ4n) is 8.15. The molecule has 1 N–H and O–H groups in total. The third-order valence-corrected chi connectivity index (χ3v) is 9.19. The summed E-state index contributed by atoms with van der Waals surface area (Å²) in [6, 6.07) is 0. The molecule has 5 rings (SSSR count). The molecule has 0 radical (unpaired) electrons. The van der Waals surface area contributed by atoms with E-state index in [-0.39, 0.29) is 17.3 Å². The van der Waals surface area contributed by atoms with Gasteiger partial charge >= 0.3 is 0 Å². The van der Waals surface area contributed by atoms with Gasteiger partial charge < -0.3 is 9.84 Å². The lowest BCUT2D eigenvalue weighted by Crippen LogP contribution is -2.54. The zero-order valence-electron chi connectivity index (χ0n) is 15.4. The highest BCUT2D eigenvalue weighted by Gasteiger charge is 2.79. The van der Waals surface area contributed by atoms with Crippen LogP contribution in [0, 0.1) is 35.0 Å². The van der Waals surface area contributed by atoms with Crippen LogP contribution in [0.3, 0.4) is 0 Å². The average molecular weight is 332 g/mol. The van der Waals surface area contributed by atoms with Crippen LogP contribution in [0.4, 0.5) is 0 Å². The van der Waals surface area contributed by atoms with Crippen LogP contribution in [0.1, 0.15) is 72.1 Å². The number of epoxide rings is 1. The summed E-state index contributed by atoms with van der Waals surface area (Å²) in [4.78, 5) is 12.4. The maximum absolute atomic E-state index is 12.4. The Kier molecular flexibility index (Phi) is 3.06. The van der Waals surface area contributed by atoms with Crippen molar-refractivity contribution in [3.8, 4) is 0 Å². The number of hydrogen-bond donors (Lipinski definition) is 1. The molecule has 24 heavy (non-hydrogen) atoms. The number of Topliss-reactive ketones (excluding diaryl/α,β-unsaturated/α-hetero) is 1. The molecule has 134 valence electrons. The van der Waals surface area contributed by atoms with Gasteiger partial charge in [-0.25, -0.2) is 0 Å². The Hall–Kier alpha value is -0.410. The first-order chi connectivity index (χ1) is 11.3. The molecule has 1 heterocycles. The molecule has 3 heteroatoms. The Morgan fingerprint density at radius 1 is 1.04 bits per heavy atom. The predicted octanol–water partition coefficient (Wildman–Crippen LogP) is 3.73. The minimum atomic E-state index is -0.432. The van der Waals surface area contributed by atoms with Crippen molar-refractivity contribution < 1.29 is 14.6 Å². The molecular weight excluding hydrogens is 300 g/mol. The molecule has 0 aromatic heterocycles. The van der Waals surface area contributed by atoms with Crippen molar-refractivity contribution in [2.24, 2.45) is 35.0 Å². The largest absolute Gasteiger partial charge is 0.390 e. The number of carbonyl (C=O) groups is 1. The zero-order chi connectivity index (χ0) is 16.9. The van der Waals surface area contributed by atoms with Gasteiger partial charge in [0, 0.05) is 5.41 Å². The van der Waals surface area contributed by atoms with Crippen molar-refractivity contribution in [3.05, 3.63) is 0 Å². The van der Waals surface area contributed by atoms with E-state index >= 15 is 0 Å². The van der Waals surface area contributed by atoms with E-state index in [4.69, 9.17) is 4.74 Å². The second-order valence-electron chi connectivity index (χ2n) is 10.3. The monoisotopic (exact) mass is 332 g/mol. The van der Waals surface area contributed by atoms with Gasteiger partial charge in [-0.05, 0) is 94.8 Å². The highest BCUT2D eigenvalue weighted by molar-refractivity contribution is 5.90. The first-order valence-electron chi connectivity index (χ1n) is 10.2. The summed E-state index contributed by atoms with van der Waals surface area (Å²) in [5.74, 6) is 4.13. The Balaban J connectivity index is 1.42. The molecule has 4 aliphatic carbocycles. The van der Waals surface area contributed by atoms with E-state index in [1.165, 1.54) is 25.7 Å². The van der Waals surface area contributed by atoms with Crippen LogP contribution in [0.5, 0.6) is 0 Å². The van der Waals surface area contributed by atoms with Crippen LogP contribution < -0.4 is 0 Å². The Morgan fingerprint density at radius 2 is 1.79 bits per heavy atom. The molecule has 9 atom stereocenters. The summed E-state index contributed by atoms with van der Waals surface area (Å²) in [5, 5.41) is 10.5. The van der Waals surface area contributed by atoms with E-state index in [1.54, 1.807) is 6.92 Å². The molecule has 0 unspecified atom stereocenters. The van der Waals surface area contributed by atoms with Gasteiger partial charge in [0.05, 0.1) is 11.7 Å². The van der Waals surface area contributed by atoms with Crippen molar-refractivity contribution in [2.45, 2.75) is 89.4 Å². The summed E-state index contributed by atoms with van der Waals surface area (Å²) in [6.45, 7) is 6.14. The van der Waals surface area contributed by atoms with Gasteiger partial charge in [-0.3, -0.25) is 4.79 Å². The second-order valence-corrected chi connectivity index (χ2v) is 10.3. The lowest BCUT2D eigenvalue weighted by atomic mass is 9.48. The first-order valence-corrected chi connectivity index (χ1v) is 10.2. The molecule has 5 fully saturated rings. The Bertz CT molecular complexity index is 584. The molecule has 5 aliphatic rings. The number of carbonyl (C=O) groups excluding carboxylic acids is 1. The van der Waals surface area contributed by atoms with Crippen LogP contribution in [0.15, 0.2) is 0 Å². The van der Waals surface area contributed by atoms with E-state index in [9.17, 15) is 9.90 Å². The van der Waals surface area contributed by atoms with Crippen molar-refractivity contribution in [1.29, 1.82) is 0 Å². The third-order valence-electron chi connectivity index (χ3n) is 9.19. The van der Waals surface area contributed by atoms with Gasteiger partial charge in [0.15, 0.2) is 11.4 Å². The van der Waals surface area contributed by atoms with Gasteiger partial charge in [-0.15, -0.1) is 0 Å². The van der Waals surface area contributed by atoms with Crippen molar-refractivity contribution in [3.63, 3.8) is 0 Å². The van der Waals surface area contributed by atoms with Crippen LogP contribution in [-0.4, -0.2) is 28.2 Å². The smallest absolute Gasteiger partial charge is 0.164 e. The molecule has 0 spiro atoms. The van der Waals surface area contributed by atoms with Gasteiger partial charge in [-0.1, -0.05) is 6.92 Å². The molecule has 0 aromatic rings. The quantitative estimate of drug-likeness (QED) is 0.745. The average Bonchev–Trinajstić information content (AvgIpc) is 3.19. The zero-order valence-corrected chi connectivity index (χ0v) is 15.4. The number of rotatable bonds is 1. The topological polar surface area (TPSA) is 49.8 Å². The van der Waals surface area contributed by atoms with Gasteiger partial charge in [0.2, 0.25) is 0 Å². The number of ether oxygens (including phenoxy) is 1. The molecule has 0 amide bonds. The Labute approximate surface area is 145 Å². The van der Waals surface area contributed by atoms with Gasteiger partial charge in [0.1, 0.15) is 0 Å². The molecular formula is C21H32O3. The van der Waals surface area contributed by atoms with E-state index in [2.05, 4.69) is 6.92 Å². The maximum Gasteiger partial charge on any atom is 0.164 e. The number of ketones is 1. The molecule has 1 saturated heterocycles. The molecule has 4 saturated carbocycles. The summed E-state index contributed by atoms with van der Waals surface area (Å²) >= 11 is 0. The molecule has 1 aliphatic heterocycles. The van der Waals surface area contributed by atoms with Crippen LogP contribution in [0.2, 0.25) is 0 Å². The van der Waals surface area contributed by atoms with Crippen molar-refractivity contribution >= 4 is 5.78 Å². The predicted molar refractivity (Wildman–Crippen MR) is 91.4 cm³/mol. The second kappa shape index (κ2) is 4.65. The van der Waals surface area contributed by atoms with Crippen LogP contribution >= 0.6 is 0 Å². The Morgan fingerprint density at radius 3 is 2.54 bits per heavy atom. The highest BCUT2D eigenvalue weighted by atomic mass is 16.6. The van der Waals surface area contributed by atoms with E-state index < -0.39 is 11.2 Å². The van der Waals surface area contributed by atoms with Gasteiger partial charge in [0.25, 0.3) is 0 Å². The normalized spacial score (nSPS) is 61.3. The lowest BCUT2D eigenvalue weighted by molar-refractivity contribution is -0.140. The van der Waals surface area contributed by atoms with Crippen LogP contribution in [0.25, 0.3) is 0 Å². The summed E-state index contributed by atoms with van der Waals surface area (Å²) < 4.78 is 6.01. The SMILES string of the molecule is CC(=O)[C@@]12O[C@@H]1C[C@H]1[C@@H]3CC[C@@H]4C[C@](C)(O)CC[C@@H]4[C@H]3CC[C@@]12C. The molecule has 3 nitrogen and oxygen atoms in total. The maximum atomic E-state index is 12.4. The van der Waals surface area contributed by atoms with Crippen molar-refractivity contribution in [1.82, 2.24) is 0 Å². The van der Waals surface area contributed by atoms with Gasteiger partial charge in [-0.2, -0.15) is 0 Å².